The molecule has 0 bridgehead atoms. The Balaban J connectivity index is 0.000000212. The highest BCUT2D eigenvalue weighted by atomic mass is 16.5. The van der Waals surface area contributed by atoms with Gasteiger partial charge >= 0.3 is 11.9 Å². The van der Waals surface area contributed by atoms with Crippen molar-refractivity contribution in [2.75, 3.05) is 23.8 Å². The molecule has 0 fully saturated rings. The maximum absolute atomic E-state index is 13.0. The van der Waals surface area contributed by atoms with Crippen molar-refractivity contribution in [3.8, 4) is 11.5 Å². The normalized spacial score (nSPS) is 11.5. The highest BCUT2D eigenvalue weighted by Crippen LogP contribution is 2.24. The number of para-hydroxylation sites is 2. The Kier molecular flexibility index (Phi) is 17.9. The summed E-state index contributed by atoms with van der Waals surface area (Å²) in [5.41, 5.74) is 6.16. The molecule has 0 saturated carbocycles. The summed E-state index contributed by atoms with van der Waals surface area (Å²) in [5.74, 6) is -1.05. The first kappa shape index (κ1) is 50.7. The second kappa shape index (κ2) is 25.4. The summed E-state index contributed by atoms with van der Waals surface area (Å²) < 4.78 is 12.9. The van der Waals surface area contributed by atoms with Gasteiger partial charge in [-0.25, -0.2) is 14.3 Å². The smallest absolute Gasteiger partial charge is 0.326 e. The summed E-state index contributed by atoms with van der Waals surface area (Å²) >= 11 is 0. The van der Waals surface area contributed by atoms with Crippen LogP contribution in [0.1, 0.15) is 54.2 Å². The van der Waals surface area contributed by atoms with Gasteiger partial charge in [-0.2, -0.15) is 5.10 Å². The van der Waals surface area contributed by atoms with E-state index in [0.29, 0.717) is 52.5 Å². The van der Waals surface area contributed by atoms with E-state index in [1.165, 1.54) is 10.7 Å². The number of aromatic nitrogens is 3. The largest absolute Gasteiger partial charge is 0.493 e. The van der Waals surface area contributed by atoms with Crippen LogP contribution >= 0.6 is 0 Å². The van der Waals surface area contributed by atoms with E-state index >= 15 is 0 Å². The number of carbonyl (C=O) groups excluding carboxylic acids is 2. The average Bonchev–Trinajstić information content (AvgIpc) is 3.41. The van der Waals surface area contributed by atoms with Crippen LogP contribution in [0.5, 0.6) is 11.5 Å². The van der Waals surface area contributed by atoms with Crippen LogP contribution in [0, 0.1) is 6.92 Å². The molecule has 6 aromatic carbocycles. The third kappa shape index (κ3) is 14.7. The third-order valence-corrected chi connectivity index (χ3v) is 11.4. The monoisotopic (exact) mass is 963 g/mol. The number of benzene rings is 6. The van der Waals surface area contributed by atoms with Crippen LogP contribution < -0.4 is 25.7 Å². The number of carbonyl (C=O) groups is 4. The summed E-state index contributed by atoms with van der Waals surface area (Å²) in [5, 5.41) is 30.0. The van der Waals surface area contributed by atoms with Gasteiger partial charge in [0.1, 0.15) is 30.2 Å². The highest BCUT2D eigenvalue weighted by Gasteiger charge is 2.23. The van der Waals surface area contributed by atoms with Gasteiger partial charge in [0.25, 0.3) is 5.56 Å². The maximum atomic E-state index is 13.0. The quantitative estimate of drug-likeness (QED) is 0.0470. The lowest BCUT2D eigenvalue weighted by atomic mass is 10.00. The number of anilines is 2. The van der Waals surface area contributed by atoms with Crippen LogP contribution in [0.25, 0.3) is 0 Å². The minimum absolute atomic E-state index is 0.161. The van der Waals surface area contributed by atoms with E-state index in [2.05, 4.69) is 20.7 Å². The Morgan fingerprint density at radius 1 is 0.542 bits per heavy atom. The van der Waals surface area contributed by atoms with Gasteiger partial charge in [-0.1, -0.05) is 115 Å². The van der Waals surface area contributed by atoms with E-state index in [4.69, 9.17) is 9.47 Å². The maximum Gasteiger partial charge on any atom is 0.326 e. The Labute approximate surface area is 416 Å². The van der Waals surface area contributed by atoms with Crippen LogP contribution in [0.3, 0.4) is 0 Å². The Morgan fingerprint density at radius 2 is 1.01 bits per heavy atom. The summed E-state index contributed by atoms with van der Waals surface area (Å²) in [4.78, 5) is 66.0. The molecule has 8 rings (SSSR count). The number of ketones is 2. The van der Waals surface area contributed by atoms with Crippen molar-refractivity contribution >= 4 is 34.9 Å². The summed E-state index contributed by atoms with van der Waals surface area (Å²) in [6, 6.07) is 51.4. The molecule has 0 aliphatic carbocycles. The van der Waals surface area contributed by atoms with Crippen LogP contribution in [-0.4, -0.2) is 73.8 Å². The van der Waals surface area contributed by atoms with E-state index in [1.54, 1.807) is 134 Å². The molecule has 0 saturated heterocycles. The number of nitrogens with one attached hydrogen (secondary N) is 2. The molecule has 2 unspecified atom stereocenters. The topological polar surface area (TPSA) is 199 Å². The minimum atomic E-state index is -1.03. The molecule has 2 heterocycles. The van der Waals surface area contributed by atoms with E-state index in [0.717, 1.165) is 34.6 Å². The summed E-state index contributed by atoms with van der Waals surface area (Å²) in [6.07, 6.45) is 4.76. The zero-order valence-electron chi connectivity index (χ0n) is 39.5. The predicted octanol–water partition coefficient (Wildman–Crippen LogP) is 9.01. The molecule has 2 aromatic heterocycles. The molecule has 14 heteroatoms. The summed E-state index contributed by atoms with van der Waals surface area (Å²) in [6.45, 7) is 2.92. The fourth-order valence-corrected chi connectivity index (χ4v) is 7.59. The second-order valence-corrected chi connectivity index (χ2v) is 16.6. The number of ether oxygens (including phenoxy) is 2. The van der Waals surface area contributed by atoms with Crippen LogP contribution in [0.15, 0.2) is 199 Å². The second-order valence-electron chi connectivity index (χ2n) is 16.6. The first-order valence-corrected chi connectivity index (χ1v) is 23.2. The molecule has 0 spiro atoms. The van der Waals surface area contributed by atoms with E-state index in [9.17, 15) is 34.2 Å². The summed E-state index contributed by atoms with van der Waals surface area (Å²) in [7, 11) is 0. The number of rotatable bonds is 22. The number of hydrogen-bond donors (Lipinski definition) is 4. The van der Waals surface area contributed by atoms with E-state index in [1.807, 2.05) is 61.7 Å². The lowest BCUT2D eigenvalue weighted by Crippen LogP contribution is -2.32. The number of hydrogen-bond acceptors (Lipinski definition) is 11. The fraction of sp³-hybridized carbons (Fsp3) is 0.155. The number of aliphatic carboxylic acids is 2. The number of aryl methyl sites for hydroxylation is 1. The molecule has 0 aliphatic rings. The molecular formula is C58H53N5O9. The molecular weight excluding hydrogens is 911 g/mol. The standard InChI is InChI=1S/C29H27N3O5.C29H26N2O4/c1-20-11-16-27(33)32(31-20)17-18-37-23-14-12-21(13-15-23)19-26(29(35)36)30-25-10-6-5-9-24(25)28(34)22-7-3-2-4-8-22;32-28(23-8-2-1-3-9-23)25-10-4-5-11-26(25)31-27(29(33)34)19-21-12-14-24(15-13-21)35-18-16-22-7-6-17-30-20-22/h2-16,26,30H,17-19H2,1H3,(H,35,36);1-15,17,20,27,31H,16,18-19H2,(H,33,34). The van der Waals surface area contributed by atoms with Crippen molar-refractivity contribution in [3.05, 3.63) is 249 Å². The molecule has 14 nitrogen and oxygen atoms in total. The number of carboxylic acids is 2. The lowest BCUT2D eigenvalue weighted by Gasteiger charge is -2.18. The Hall–Kier alpha value is -9.17. The van der Waals surface area contributed by atoms with Crippen molar-refractivity contribution in [2.45, 2.75) is 44.8 Å². The Morgan fingerprint density at radius 3 is 1.49 bits per heavy atom. The van der Waals surface area contributed by atoms with Gasteiger partial charge in [0.05, 0.1) is 18.8 Å². The predicted molar refractivity (Wildman–Crippen MR) is 275 cm³/mol. The fourth-order valence-electron chi connectivity index (χ4n) is 7.59. The molecule has 0 radical (unpaired) electrons. The van der Waals surface area contributed by atoms with Gasteiger partial charge in [0.2, 0.25) is 0 Å². The van der Waals surface area contributed by atoms with Crippen molar-refractivity contribution in [1.29, 1.82) is 0 Å². The van der Waals surface area contributed by atoms with Crippen LogP contribution in [-0.2, 0) is 35.4 Å². The van der Waals surface area contributed by atoms with Gasteiger partial charge in [0.15, 0.2) is 11.6 Å². The number of nitrogens with zero attached hydrogens (tertiary/aromatic N) is 3. The van der Waals surface area contributed by atoms with E-state index in [-0.39, 0.29) is 36.6 Å². The van der Waals surface area contributed by atoms with Gasteiger partial charge in [-0.05, 0) is 84.3 Å². The number of carboxylic acid groups (broad SMARTS) is 2. The zero-order valence-corrected chi connectivity index (χ0v) is 39.5. The lowest BCUT2D eigenvalue weighted by molar-refractivity contribution is -0.138. The van der Waals surface area contributed by atoms with Crippen molar-refractivity contribution in [2.24, 2.45) is 0 Å². The van der Waals surface area contributed by atoms with Crippen LogP contribution in [0.4, 0.5) is 11.4 Å². The SMILES string of the molecule is Cc1ccc(=O)n(CCOc2ccc(CC(Nc3ccccc3C(=O)c3ccccc3)C(=O)O)cc2)n1.O=C(c1ccccc1)c1ccccc1NC(Cc1ccc(OCCc2cccnc2)cc1)C(=O)O. The third-order valence-electron chi connectivity index (χ3n) is 11.4. The van der Waals surface area contributed by atoms with Crippen molar-refractivity contribution in [3.63, 3.8) is 0 Å². The molecule has 4 N–H and O–H groups in total. The molecule has 2 atom stereocenters. The van der Waals surface area contributed by atoms with Gasteiger partial charge in [-0.3, -0.25) is 19.4 Å². The molecule has 364 valence electrons. The average molecular weight is 964 g/mol. The molecule has 0 aliphatic heterocycles. The molecule has 0 amide bonds. The van der Waals surface area contributed by atoms with Gasteiger partial charge in [0, 0.05) is 71.4 Å². The molecule has 72 heavy (non-hydrogen) atoms. The van der Waals surface area contributed by atoms with Crippen LogP contribution in [0.2, 0.25) is 0 Å². The first-order chi connectivity index (χ1) is 35.0. The zero-order chi connectivity index (χ0) is 50.7. The Bertz CT molecular complexity index is 3110. The van der Waals surface area contributed by atoms with Crippen molar-refractivity contribution in [1.82, 2.24) is 14.8 Å². The van der Waals surface area contributed by atoms with Gasteiger partial charge in [-0.15, -0.1) is 0 Å². The van der Waals surface area contributed by atoms with E-state index < -0.39 is 24.0 Å². The minimum Gasteiger partial charge on any atom is -0.493 e. The molecule has 8 aromatic rings. The highest BCUT2D eigenvalue weighted by molar-refractivity contribution is 6.13. The first-order valence-electron chi connectivity index (χ1n) is 23.2. The van der Waals surface area contributed by atoms with Crippen molar-refractivity contribution < 1.29 is 38.9 Å². The van der Waals surface area contributed by atoms with Gasteiger partial charge < -0.3 is 30.3 Å². The number of pyridine rings is 1.